The van der Waals surface area contributed by atoms with Gasteiger partial charge in [0.2, 0.25) is 5.95 Å². The summed E-state index contributed by atoms with van der Waals surface area (Å²) in [4.78, 5) is 21.4. The average Bonchev–Trinajstić information content (AvgIpc) is 2.75. The molecule has 0 spiro atoms. The number of aromatic nitrogens is 5. The molecule has 1 aromatic carbocycles. The van der Waals surface area contributed by atoms with E-state index >= 15 is 0 Å². The van der Waals surface area contributed by atoms with E-state index in [1.165, 1.54) is 12.1 Å². The van der Waals surface area contributed by atoms with Gasteiger partial charge in [-0.25, -0.2) is 14.4 Å². The molecule has 0 fully saturated rings. The molecular weight excluding hydrogens is 369 g/mol. The van der Waals surface area contributed by atoms with Gasteiger partial charge < -0.3 is 11.1 Å². The second-order valence-corrected chi connectivity index (χ2v) is 6.42. The highest BCUT2D eigenvalue weighted by Crippen LogP contribution is 2.37. The minimum Gasteiger partial charge on any atom is -0.368 e. The summed E-state index contributed by atoms with van der Waals surface area (Å²) in [6.07, 6.45) is 8.17. The zero-order valence-electron chi connectivity index (χ0n) is 15.6. The van der Waals surface area contributed by atoms with E-state index in [0.717, 1.165) is 16.7 Å². The fraction of sp³-hybridized carbons (Fsp3) is 0.0952. The summed E-state index contributed by atoms with van der Waals surface area (Å²) in [6, 6.07) is 10.1. The molecule has 3 heterocycles. The SMILES string of the molecule is CC(c1ccc(F)cc1)c1c(Nc2cnccn2)nc(N)nc1-c1cccnc1. The topological polar surface area (TPSA) is 102 Å². The Morgan fingerprint density at radius 1 is 0.966 bits per heavy atom. The number of hydrogen-bond donors (Lipinski definition) is 2. The summed E-state index contributed by atoms with van der Waals surface area (Å²) in [6.45, 7) is 2.00. The Morgan fingerprint density at radius 2 is 1.76 bits per heavy atom. The van der Waals surface area contributed by atoms with Crippen LogP contribution >= 0.6 is 0 Å². The van der Waals surface area contributed by atoms with Crippen molar-refractivity contribution in [3.63, 3.8) is 0 Å². The first kappa shape index (κ1) is 18.4. The fourth-order valence-electron chi connectivity index (χ4n) is 3.12. The Labute approximate surface area is 166 Å². The lowest BCUT2D eigenvalue weighted by molar-refractivity contribution is 0.626. The Morgan fingerprint density at radius 3 is 2.45 bits per heavy atom. The molecule has 0 aliphatic heterocycles. The Balaban J connectivity index is 1.90. The minimum absolute atomic E-state index is 0.116. The number of nitrogens with zero attached hydrogens (tertiary/aromatic N) is 5. The third kappa shape index (κ3) is 4.01. The zero-order chi connectivity index (χ0) is 20.2. The molecule has 8 heteroatoms. The van der Waals surface area contributed by atoms with Crippen molar-refractivity contribution in [2.45, 2.75) is 12.8 Å². The van der Waals surface area contributed by atoms with Gasteiger partial charge in [0.1, 0.15) is 17.5 Å². The van der Waals surface area contributed by atoms with Crippen LogP contribution in [-0.4, -0.2) is 24.9 Å². The molecule has 144 valence electrons. The molecule has 0 aliphatic carbocycles. The number of pyridine rings is 1. The van der Waals surface area contributed by atoms with Crippen LogP contribution in [0.4, 0.5) is 22.0 Å². The summed E-state index contributed by atoms with van der Waals surface area (Å²) >= 11 is 0. The highest BCUT2D eigenvalue weighted by Gasteiger charge is 2.22. The smallest absolute Gasteiger partial charge is 0.222 e. The van der Waals surface area contributed by atoms with Gasteiger partial charge in [0.05, 0.1) is 11.9 Å². The predicted molar refractivity (Wildman–Crippen MR) is 109 cm³/mol. The summed E-state index contributed by atoms with van der Waals surface area (Å²) in [5.74, 6) is 0.694. The fourth-order valence-corrected chi connectivity index (χ4v) is 3.12. The summed E-state index contributed by atoms with van der Waals surface area (Å²) < 4.78 is 13.4. The van der Waals surface area contributed by atoms with Gasteiger partial charge in [0.25, 0.3) is 0 Å². The molecule has 0 saturated carbocycles. The molecule has 4 aromatic rings. The average molecular weight is 387 g/mol. The van der Waals surface area contributed by atoms with Gasteiger partial charge in [-0.3, -0.25) is 9.97 Å². The molecule has 1 unspecified atom stereocenters. The molecular formula is C21H18FN7. The maximum absolute atomic E-state index is 13.4. The standard InChI is InChI=1S/C21H18FN7/c1-13(14-4-6-16(22)7-5-14)18-19(15-3-2-8-24-11-15)28-21(23)29-20(18)27-17-12-25-9-10-26-17/h2-13H,1H3,(H3,23,26,27,28,29). The van der Waals surface area contributed by atoms with Crippen LogP contribution in [0, 0.1) is 5.82 Å². The quantitative estimate of drug-likeness (QED) is 0.534. The molecule has 0 aliphatic rings. The Hall–Kier alpha value is -3.94. The first-order valence-electron chi connectivity index (χ1n) is 8.98. The van der Waals surface area contributed by atoms with E-state index in [1.54, 1.807) is 43.1 Å². The largest absolute Gasteiger partial charge is 0.368 e. The molecule has 7 nitrogen and oxygen atoms in total. The lowest BCUT2D eigenvalue weighted by Crippen LogP contribution is -2.11. The lowest BCUT2D eigenvalue weighted by atomic mass is 9.90. The van der Waals surface area contributed by atoms with Crippen molar-refractivity contribution in [1.82, 2.24) is 24.9 Å². The molecule has 3 N–H and O–H groups in total. The number of hydrogen-bond acceptors (Lipinski definition) is 7. The van der Waals surface area contributed by atoms with Crippen LogP contribution in [0.3, 0.4) is 0 Å². The predicted octanol–water partition coefficient (Wildman–Crippen LogP) is 3.95. The molecule has 0 bridgehead atoms. The molecule has 0 saturated heterocycles. The highest BCUT2D eigenvalue weighted by atomic mass is 19.1. The molecule has 3 aromatic heterocycles. The normalized spacial score (nSPS) is 11.8. The second-order valence-electron chi connectivity index (χ2n) is 6.42. The van der Waals surface area contributed by atoms with Crippen LogP contribution in [0.5, 0.6) is 0 Å². The van der Waals surface area contributed by atoms with Crippen molar-refractivity contribution in [1.29, 1.82) is 0 Å². The van der Waals surface area contributed by atoms with Gasteiger partial charge in [0.15, 0.2) is 0 Å². The third-order valence-electron chi connectivity index (χ3n) is 4.51. The first-order chi connectivity index (χ1) is 14.1. The van der Waals surface area contributed by atoms with Crippen molar-refractivity contribution in [3.05, 3.63) is 84.3 Å². The number of rotatable bonds is 5. The van der Waals surface area contributed by atoms with Gasteiger partial charge in [-0.15, -0.1) is 0 Å². The number of nitrogen functional groups attached to an aromatic ring is 1. The number of nitrogens with two attached hydrogens (primary N) is 1. The third-order valence-corrected chi connectivity index (χ3v) is 4.51. The Bertz CT molecular complexity index is 1100. The second kappa shape index (κ2) is 7.97. The van der Waals surface area contributed by atoms with Gasteiger partial charge in [-0.1, -0.05) is 19.1 Å². The summed E-state index contributed by atoms with van der Waals surface area (Å²) in [5, 5.41) is 3.19. The molecule has 0 amide bonds. The van der Waals surface area contributed by atoms with Gasteiger partial charge in [-0.05, 0) is 29.8 Å². The van der Waals surface area contributed by atoms with Crippen molar-refractivity contribution < 1.29 is 4.39 Å². The molecule has 4 rings (SSSR count). The van der Waals surface area contributed by atoms with Crippen LogP contribution in [0.1, 0.15) is 24.0 Å². The maximum atomic E-state index is 13.4. The molecule has 1 atom stereocenters. The number of benzene rings is 1. The summed E-state index contributed by atoms with van der Waals surface area (Å²) in [7, 11) is 0. The van der Waals surface area contributed by atoms with E-state index in [9.17, 15) is 4.39 Å². The van der Waals surface area contributed by atoms with Crippen molar-refractivity contribution in [2.75, 3.05) is 11.1 Å². The van der Waals surface area contributed by atoms with Crippen molar-refractivity contribution in [3.8, 4) is 11.3 Å². The maximum Gasteiger partial charge on any atom is 0.222 e. The van der Waals surface area contributed by atoms with Crippen LogP contribution in [0.15, 0.2) is 67.4 Å². The van der Waals surface area contributed by atoms with Crippen LogP contribution in [0.2, 0.25) is 0 Å². The van der Waals surface area contributed by atoms with Crippen LogP contribution in [0.25, 0.3) is 11.3 Å². The van der Waals surface area contributed by atoms with E-state index in [1.807, 2.05) is 19.1 Å². The van der Waals surface area contributed by atoms with E-state index in [0.29, 0.717) is 17.3 Å². The molecule has 0 radical (unpaired) electrons. The zero-order valence-corrected chi connectivity index (χ0v) is 15.6. The van der Waals surface area contributed by atoms with Crippen LogP contribution < -0.4 is 11.1 Å². The molecule has 29 heavy (non-hydrogen) atoms. The monoisotopic (exact) mass is 387 g/mol. The van der Waals surface area contributed by atoms with Crippen molar-refractivity contribution in [2.24, 2.45) is 0 Å². The number of nitrogens with one attached hydrogen (secondary N) is 1. The Kier molecular flexibility index (Phi) is 5.07. The summed E-state index contributed by atoms with van der Waals surface area (Å²) in [5.41, 5.74) is 9.16. The van der Waals surface area contributed by atoms with E-state index in [4.69, 9.17) is 5.73 Å². The number of anilines is 3. The van der Waals surface area contributed by atoms with E-state index in [-0.39, 0.29) is 17.7 Å². The lowest BCUT2D eigenvalue weighted by Gasteiger charge is -2.20. The first-order valence-corrected chi connectivity index (χ1v) is 8.98. The highest BCUT2D eigenvalue weighted by molar-refractivity contribution is 5.73. The van der Waals surface area contributed by atoms with Gasteiger partial charge in [-0.2, -0.15) is 4.98 Å². The van der Waals surface area contributed by atoms with Gasteiger partial charge in [0, 0.05) is 41.8 Å². The van der Waals surface area contributed by atoms with Gasteiger partial charge >= 0.3 is 0 Å². The van der Waals surface area contributed by atoms with Crippen molar-refractivity contribution >= 4 is 17.6 Å². The van der Waals surface area contributed by atoms with Crippen LogP contribution in [-0.2, 0) is 0 Å². The van der Waals surface area contributed by atoms with E-state index in [2.05, 4.69) is 30.2 Å². The van der Waals surface area contributed by atoms with E-state index < -0.39 is 0 Å². The minimum atomic E-state index is -0.292. The number of halogens is 1.